The summed E-state index contributed by atoms with van der Waals surface area (Å²) < 4.78 is 2.36. The standard InChI is InChI=1S/C18H22BNO2/c1-2-3-4-7-12-20-17-9-6-5-8-15(17)16-13-14(19(21)22)10-11-18(16)20/h5-6,8-11,13,21-22H,2-4,7,12H2,1H3. The third-order valence-corrected chi connectivity index (χ3v) is 4.33. The fourth-order valence-electron chi connectivity index (χ4n) is 3.17. The topological polar surface area (TPSA) is 45.4 Å². The molecule has 1 heterocycles. The molecule has 0 atom stereocenters. The summed E-state index contributed by atoms with van der Waals surface area (Å²) in [7, 11) is -1.42. The second kappa shape index (κ2) is 6.55. The summed E-state index contributed by atoms with van der Waals surface area (Å²) in [5.74, 6) is 0. The molecular weight excluding hydrogens is 273 g/mol. The Morgan fingerprint density at radius 3 is 2.45 bits per heavy atom. The van der Waals surface area contributed by atoms with Gasteiger partial charge in [0.2, 0.25) is 0 Å². The molecule has 2 N–H and O–H groups in total. The lowest BCUT2D eigenvalue weighted by molar-refractivity contribution is 0.426. The molecule has 22 heavy (non-hydrogen) atoms. The highest BCUT2D eigenvalue weighted by molar-refractivity contribution is 6.59. The fourth-order valence-corrected chi connectivity index (χ4v) is 3.17. The Labute approximate surface area is 131 Å². The van der Waals surface area contributed by atoms with Crippen LogP contribution in [0.4, 0.5) is 0 Å². The molecule has 4 heteroatoms. The summed E-state index contributed by atoms with van der Waals surface area (Å²) >= 11 is 0. The van der Waals surface area contributed by atoms with E-state index < -0.39 is 7.12 Å². The van der Waals surface area contributed by atoms with E-state index in [-0.39, 0.29) is 0 Å². The molecule has 0 fully saturated rings. The molecule has 0 spiro atoms. The van der Waals surface area contributed by atoms with Gasteiger partial charge in [-0.2, -0.15) is 0 Å². The van der Waals surface area contributed by atoms with Gasteiger partial charge in [-0.1, -0.05) is 56.5 Å². The van der Waals surface area contributed by atoms with E-state index in [1.807, 2.05) is 18.2 Å². The van der Waals surface area contributed by atoms with E-state index >= 15 is 0 Å². The van der Waals surface area contributed by atoms with Crippen molar-refractivity contribution >= 4 is 34.4 Å². The van der Waals surface area contributed by atoms with Gasteiger partial charge in [0, 0.05) is 28.4 Å². The van der Waals surface area contributed by atoms with Gasteiger partial charge >= 0.3 is 7.12 Å². The van der Waals surface area contributed by atoms with Crippen molar-refractivity contribution in [3.8, 4) is 0 Å². The van der Waals surface area contributed by atoms with E-state index in [4.69, 9.17) is 0 Å². The third kappa shape index (κ3) is 2.76. The zero-order valence-corrected chi connectivity index (χ0v) is 13.0. The van der Waals surface area contributed by atoms with E-state index in [0.29, 0.717) is 5.46 Å². The second-order valence-corrected chi connectivity index (χ2v) is 5.88. The number of aryl methyl sites for hydroxylation is 1. The van der Waals surface area contributed by atoms with Gasteiger partial charge in [0.25, 0.3) is 0 Å². The van der Waals surface area contributed by atoms with Crippen molar-refractivity contribution in [1.82, 2.24) is 4.57 Å². The van der Waals surface area contributed by atoms with Gasteiger partial charge < -0.3 is 14.6 Å². The lowest BCUT2D eigenvalue weighted by Crippen LogP contribution is -2.29. The summed E-state index contributed by atoms with van der Waals surface area (Å²) in [6.45, 7) is 3.23. The van der Waals surface area contributed by atoms with Gasteiger partial charge in [-0.15, -0.1) is 0 Å². The maximum absolute atomic E-state index is 9.41. The van der Waals surface area contributed by atoms with Crippen LogP contribution in [0.15, 0.2) is 42.5 Å². The van der Waals surface area contributed by atoms with Crippen LogP contribution in [0.5, 0.6) is 0 Å². The van der Waals surface area contributed by atoms with E-state index in [9.17, 15) is 10.0 Å². The molecule has 3 rings (SSSR count). The largest absolute Gasteiger partial charge is 0.488 e. The minimum atomic E-state index is -1.42. The normalized spacial score (nSPS) is 11.4. The summed E-state index contributed by atoms with van der Waals surface area (Å²) in [6, 6.07) is 14.0. The van der Waals surface area contributed by atoms with Crippen molar-refractivity contribution in [2.24, 2.45) is 0 Å². The van der Waals surface area contributed by atoms with Crippen LogP contribution < -0.4 is 5.46 Å². The minimum absolute atomic E-state index is 0.543. The highest BCUT2D eigenvalue weighted by atomic mass is 16.4. The van der Waals surface area contributed by atoms with Crippen molar-refractivity contribution in [2.75, 3.05) is 0 Å². The second-order valence-electron chi connectivity index (χ2n) is 5.88. The molecule has 3 nitrogen and oxygen atoms in total. The number of hydrogen-bond donors (Lipinski definition) is 2. The number of unbranched alkanes of at least 4 members (excludes halogenated alkanes) is 3. The first-order chi connectivity index (χ1) is 10.7. The van der Waals surface area contributed by atoms with Crippen molar-refractivity contribution in [2.45, 2.75) is 39.2 Å². The number of fused-ring (bicyclic) bond motifs is 3. The van der Waals surface area contributed by atoms with Crippen LogP contribution in [0.1, 0.15) is 32.6 Å². The Kier molecular flexibility index (Phi) is 4.51. The molecule has 0 aliphatic heterocycles. The first-order valence-corrected chi connectivity index (χ1v) is 8.09. The Bertz CT molecular complexity index is 779. The highest BCUT2D eigenvalue weighted by Gasteiger charge is 2.15. The number of hydrogen-bond acceptors (Lipinski definition) is 2. The van der Waals surface area contributed by atoms with E-state index in [1.54, 1.807) is 6.07 Å². The summed E-state index contributed by atoms with van der Waals surface area (Å²) in [4.78, 5) is 0. The Morgan fingerprint density at radius 1 is 0.909 bits per heavy atom. The first kappa shape index (κ1) is 15.1. The Hall–Kier alpha value is -1.78. The van der Waals surface area contributed by atoms with E-state index in [0.717, 1.165) is 11.9 Å². The summed E-state index contributed by atoms with van der Waals surface area (Å²) in [6.07, 6.45) is 4.94. The van der Waals surface area contributed by atoms with Gasteiger partial charge in [-0.05, 0) is 24.0 Å². The molecule has 0 saturated carbocycles. The Balaban J connectivity index is 2.08. The van der Waals surface area contributed by atoms with Crippen molar-refractivity contribution in [1.29, 1.82) is 0 Å². The van der Waals surface area contributed by atoms with Gasteiger partial charge in [0.05, 0.1) is 0 Å². The molecule has 0 radical (unpaired) electrons. The van der Waals surface area contributed by atoms with Gasteiger partial charge in [0.15, 0.2) is 0 Å². The lowest BCUT2D eigenvalue weighted by atomic mass is 9.80. The highest BCUT2D eigenvalue weighted by Crippen LogP contribution is 2.28. The minimum Gasteiger partial charge on any atom is -0.423 e. The zero-order chi connectivity index (χ0) is 15.5. The van der Waals surface area contributed by atoms with Crippen LogP contribution in [0.25, 0.3) is 21.8 Å². The number of aromatic nitrogens is 1. The maximum atomic E-state index is 9.41. The van der Waals surface area contributed by atoms with Crippen LogP contribution in [0.3, 0.4) is 0 Å². The molecule has 0 saturated heterocycles. The van der Waals surface area contributed by atoms with E-state index in [2.05, 4.69) is 29.7 Å². The SMILES string of the molecule is CCCCCCn1c2ccccc2c2cc(B(O)O)ccc21. The molecule has 114 valence electrons. The quantitative estimate of drug-likeness (QED) is 0.542. The van der Waals surface area contributed by atoms with Crippen molar-refractivity contribution in [3.63, 3.8) is 0 Å². The Morgan fingerprint density at radius 2 is 1.68 bits per heavy atom. The predicted molar refractivity (Wildman–Crippen MR) is 93.4 cm³/mol. The molecule has 0 unspecified atom stereocenters. The van der Waals surface area contributed by atoms with Crippen LogP contribution in [0.2, 0.25) is 0 Å². The smallest absolute Gasteiger partial charge is 0.423 e. The van der Waals surface area contributed by atoms with Gasteiger partial charge in [-0.25, -0.2) is 0 Å². The molecule has 0 aliphatic rings. The summed E-state index contributed by atoms with van der Waals surface area (Å²) in [5.41, 5.74) is 2.93. The fraction of sp³-hybridized carbons (Fsp3) is 0.333. The van der Waals surface area contributed by atoms with Gasteiger partial charge in [-0.3, -0.25) is 0 Å². The van der Waals surface area contributed by atoms with Crippen LogP contribution in [0, 0.1) is 0 Å². The molecule has 0 aliphatic carbocycles. The van der Waals surface area contributed by atoms with E-state index in [1.165, 1.54) is 42.1 Å². The van der Waals surface area contributed by atoms with Crippen LogP contribution >= 0.6 is 0 Å². The lowest BCUT2D eigenvalue weighted by Gasteiger charge is -2.07. The van der Waals surface area contributed by atoms with Crippen molar-refractivity contribution < 1.29 is 10.0 Å². The number of rotatable bonds is 6. The van der Waals surface area contributed by atoms with Crippen molar-refractivity contribution in [3.05, 3.63) is 42.5 Å². The molecule has 0 bridgehead atoms. The average Bonchev–Trinajstić information content (AvgIpc) is 2.85. The maximum Gasteiger partial charge on any atom is 0.488 e. The zero-order valence-electron chi connectivity index (χ0n) is 13.0. The molecule has 1 aromatic heterocycles. The number of benzene rings is 2. The molecular formula is C18H22BNO2. The first-order valence-electron chi connectivity index (χ1n) is 8.09. The third-order valence-electron chi connectivity index (χ3n) is 4.33. The molecule has 0 amide bonds. The molecule has 3 aromatic rings. The van der Waals surface area contributed by atoms with Crippen LogP contribution in [-0.4, -0.2) is 21.7 Å². The monoisotopic (exact) mass is 295 g/mol. The number of para-hydroxylation sites is 1. The summed E-state index contributed by atoms with van der Waals surface area (Å²) in [5, 5.41) is 21.1. The molecule has 2 aromatic carbocycles. The predicted octanol–water partition coefficient (Wildman–Crippen LogP) is 3.05. The average molecular weight is 295 g/mol. The number of nitrogens with zero attached hydrogens (tertiary/aromatic N) is 1. The van der Waals surface area contributed by atoms with Crippen LogP contribution in [-0.2, 0) is 6.54 Å². The van der Waals surface area contributed by atoms with Gasteiger partial charge in [0.1, 0.15) is 0 Å².